The Morgan fingerprint density at radius 3 is 2.76 bits per heavy atom. The predicted octanol–water partition coefficient (Wildman–Crippen LogP) is 0.601. The molecule has 0 radical (unpaired) electrons. The van der Waals surface area contributed by atoms with Crippen molar-refractivity contribution in [3.05, 3.63) is 45.3 Å². The van der Waals surface area contributed by atoms with Gasteiger partial charge in [0, 0.05) is 39.8 Å². The fourth-order valence-electron chi connectivity index (χ4n) is 3.38. The van der Waals surface area contributed by atoms with Crippen LogP contribution >= 0.6 is 11.6 Å². The minimum absolute atomic E-state index is 0.0376. The average Bonchev–Trinajstić information content (AvgIpc) is 3.19. The summed E-state index contributed by atoms with van der Waals surface area (Å²) < 4.78 is 11.9. The zero-order chi connectivity index (χ0) is 20.4. The molecule has 154 valence electrons. The van der Waals surface area contributed by atoms with Crippen LogP contribution in [0.5, 0.6) is 11.5 Å². The van der Waals surface area contributed by atoms with Gasteiger partial charge < -0.3 is 19.7 Å². The fraction of sp³-hybridized carbons (Fsp3) is 0.421. The summed E-state index contributed by atoms with van der Waals surface area (Å²) in [5, 5.41) is 7.16. The van der Waals surface area contributed by atoms with Gasteiger partial charge in [0.1, 0.15) is 5.02 Å². The molecule has 3 heterocycles. The number of carbonyl (C=O) groups excluding carboxylic acids is 1. The van der Waals surface area contributed by atoms with Crippen molar-refractivity contribution in [2.45, 2.75) is 6.54 Å². The number of aryl methyl sites for hydroxylation is 1. The molecule has 0 aliphatic carbocycles. The van der Waals surface area contributed by atoms with Crippen LogP contribution in [0.3, 0.4) is 0 Å². The van der Waals surface area contributed by atoms with Gasteiger partial charge in [-0.05, 0) is 17.7 Å². The van der Waals surface area contributed by atoms with E-state index in [1.807, 2.05) is 23.1 Å². The minimum Gasteiger partial charge on any atom is -0.454 e. The molecule has 2 aliphatic heterocycles. The first kappa shape index (κ1) is 19.5. The van der Waals surface area contributed by atoms with E-state index in [2.05, 4.69) is 15.3 Å². The van der Waals surface area contributed by atoms with Gasteiger partial charge in [-0.25, -0.2) is 4.68 Å². The molecular formula is C19H22ClN5O4. The van der Waals surface area contributed by atoms with Crippen molar-refractivity contribution in [1.29, 1.82) is 0 Å². The van der Waals surface area contributed by atoms with Crippen molar-refractivity contribution in [1.82, 2.24) is 20.0 Å². The standard InChI is InChI=1S/C19H22ClN5O4/c1-23-19(27)18(20)14(10-22-23)25-6-4-24(5-7-25)11-17(26)21-9-13-2-3-15-16(8-13)29-12-28-15/h2-3,8,10H,4-7,9,11-12H2,1H3,(H,21,26). The van der Waals surface area contributed by atoms with E-state index in [9.17, 15) is 9.59 Å². The zero-order valence-corrected chi connectivity index (χ0v) is 16.8. The van der Waals surface area contributed by atoms with Gasteiger partial charge in [0.05, 0.1) is 18.4 Å². The van der Waals surface area contributed by atoms with Gasteiger partial charge in [0.25, 0.3) is 5.56 Å². The Hall–Kier alpha value is -2.78. The van der Waals surface area contributed by atoms with Crippen LogP contribution in [-0.4, -0.2) is 60.1 Å². The molecule has 1 fully saturated rings. The van der Waals surface area contributed by atoms with E-state index in [0.29, 0.717) is 50.7 Å². The van der Waals surface area contributed by atoms with Gasteiger partial charge in [-0.15, -0.1) is 0 Å². The van der Waals surface area contributed by atoms with Crippen molar-refractivity contribution in [2.75, 3.05) is 44.4 Å². The molecule has 0 saturated carbocycles. The van der Waals surface area contributed by atoms with E-state index >= 15 is 0 Å². The van der Waals surface area contributed by atoms with Crippen molar-refractivity contribution in [3.63, 3.8) is 0 Å². The van der Waals surface area contributed by atoms with Crippen LogP contribution in [-0.2, 0) is 18.4 Å². The number of nitrogens with zero attached hydrogens (tertiary/aromatic N) is 4. The lowest BCUT2D eigenvalue weighted by atomic mass is 10.2. The molecule has 2 aromatic rings. The number of aromatic nitrogens is 2. The molecule has 0 spiro atoms. The van der Waals surface area contributed by atoms with Gasteiger partial charge >= 0.3 is 0 Å². The van der Waals surface area contributed by atoms with Crippen LogP contribution in [0.25, 0.3) is 0 Å². The number of piperazine rings is 1. The van der Waals surface area contributed by atoms with Crippen molar-refractivity contribution in [3.8, 4) is 11.5 Å². The molecule has 1 aromatic heterocycles. The largest absolute Gasteiger partial charge is 0.454 e. The van der Waals surface area contributed by atoms with Crippen LogP contribution in [0, 0.1) is 0 Å². The fourth-order valence-corrected chi connectivity index (χ4v) is 3.67. The number of benzene rings is 1. The lowest BCUT2D eigenvalue weighted by Gasteiger charge is -2.35. The van der Waals surface area contributed by atoms with Crippen LogP contribution in [0.4, 0.5) is 5.69 Å². The number of anilines is 1. The number of ether oxygens (including phenoxy) is 2. The highest BCUT2D eigenvalue weighted by Crippen LogP contribution is 2.32. The number of fused-ring (bicyclic) bond motifs is 1. The third-order valence-corrected chi connectivity index (χ3v) is 5.42. The number of hydrogen-bond donors (Lipinski definition) is 1. The van der Waals surface area contributed by atoms with E-state index < -0.39 is 0 Å². The number of halogens is 1. The smallest absolute Gasteiger partial charge is 0.287 e. The highest BCUT2D eigenvalue weighted by atomic mass is 35.5. The zero-order valence-electron chi connectivity index (χ0n) is 16.1. The molecule has 1 aromatic carbocycles. The van der Waals surface area contributed by atoms with Gasteiger partial charge in [0.15, 0.2) is 11.5 Å². The van der Waals surface area contributed by atoms with Crippen molar-refractivity contribution < 1.29 is 14.3 Å². The second kappa shape index (κ2) is 8.30. The molecule has 1 saturated heterocycles. The maximum absolute atomic E-state index is 12.3. The second-order valence-electron chi connectivity index (χ2n) is 7.00. The van der Waals surface area contributed by atoms with Gasteiger partial charge in [-0.3, -0.25) is 14.5 Å². The van der Waals surface area contributed by atoms with Crippen LogP contribution in [0.1, 0.15) is 5.56 Å². The lowest BCUT2D eigenvalue weighted by molar-refractivity contribution is -0.122. The van der Waals surface area contributed by atoms with E-state index in [-0.39, 0.29) is 23.3 Å². The van der Waals surface area contributed by atoms with Gasteiger partial charge in [-0.2, -0.15) is 5.10 Å². The number of hydrogen-bond acceptors (Lipinski definition) is 7. The monoisotopic (exact) mass is 419 g/mol. The Kier molecular flexibility index (Phi) is 5.59. The summed E-state index contributed by atoms with van der Waals surface area (Å²) in [4.78, 5) is 28.4. The first-order valence-corrected chi connectivity index (χ1v) is 9.73. The highest BCUT2D eigenvalue weighted by Gasteiger charge is 2.22. The van der Waals surface area contributed by atoms with Crippen molar-refractivity contribution >= 4 is 23.2 Å². The number of carbonyl (C=O) groups is 1. The first-order chi connectivity index (χ1) is 14.0. The normalized spacial score (nSPS) is 16.1. The Labute approximate surface area is 172 Å². The molecule has 29 heavy (non-hydrogen) atoms. The molecule has 1 amide bonds. The molecule has 2 aliphatic rings. The summed E-state index contributed by atoms with van der Waals surface area (Å²) in [6.45, 7) is 3.72. The van der Waals surface area contributed by atoms with Gasteiger partial charge in [0.2, 0.25) is 12.7 Å². The Bertz CT molecular complexity index is 972. The summed E-state index contributed by atoms with van der Waals surface area (Å²) in [7, 11) is 1.57. The number of rotatable bonds is 5. The Balaban J connectivity index is 1.26. The Morgan fingerprint density at radius 2 is 1.97 bits per heavy atom. The molecule has 0 bridgehead atoms. The lowest BCUT2D eigenvalue weighted by Crippen LogP contribution is -2.49. The van der Waals surface area contributed by atoms with E-state index in [1.54, 1.807) is 13.2 Å². The summed E-state index contributed by atoms with van der Waals surface area (Å²) in [6.07, 6.45) is 1.61. The summed E-state index contributed by atoms with van der Waals surface area (Å²) in [5.74, 6) is 1.39. The second-order valence-corrected chi connectivity index (χ2v) is 7.38. The van der Waals surface area contributed by atoms with Gasteiger partial charge in [-0.1, -0.05) is 17.7 Å². The molecular weight excluding hydrogens is 398 g/mol. The minimum atomic E-state index is -0.311. The number of amides is 1. The molecule has 0 unspecified atom stereocenters. The third kappa shape index (κ3) is 4.30. The molecule has 4 rings (SSSR count). The quantitative estimate of drug-likeness (QED) is 0.759. The predicted molar refractivity (Wildman–Crippen MR) is 108 cm³/mol. The molecule has 10 heteroatoms. The maximum atomic E-state index is 12.3. The SMILES string of the molecule is Cn1ncc(N2CCN(CC(=O)NCc3ccc4c(c3)OCO4)CC2)c(Cl)c1=O. The van der Waals surface area contributed by atoms with Crippen LogP contribution < -0.4 is 25.2 Å². The molecule has 1 N–H and O–H groups in total. The highest BCUT2D eigenvalue weighted by molar-refractivity contribution is 6.33. The third-order valence-electron chi connectivity index (χ3n) is 5.07. The topological polar surface area (TPSA) is 88.9 Å². The van der Waals surface area contributed by atoms with Crippen LogP contribution in [0.2, 0.25) is 5.02 Å². The molecule has 0 atom stereocenters. The Morgan fingerprint density at radius 1 is 1.21 bits per heavy atom. The summed E-state index contributed by atoms with van der Waals surface area (Å²) in [6, 6.07) is 5.64. The first-order valence-electron chi connectivity index (χ1n) is 9.35. The number of nitrogens with one attached hydrogen (secondary N) is 1. The summed E-state index contributed by atoms with van der Waals surface area (Å²) in [5.41, 5.74) is 1.29. The van der Waals surface area contributed by atoms with Crippen LogP contribution in [0.15, 0.2) is 29.2 Å². The molecule has 9 nitrogen and oxygen atoms in total. The van der Waals surface area contributed by atoms with Crippen molar-refractivity contribution in [2.24, 2.45) is 7.05 Å². The average molecular weight is 420 g/mol. The summed E-state index contributed by atoms with van der Waals surface area (Å²) >= 11 is 6.18. The maximum Gasteiger partial charge on any atom is 0.287 e. The van der Waals surface area contributed by atoms with E-state index in [1.165, 1.54) is 4.68 Å². The van der Waals surface area contributed by atoms with E-state index in [4.69, 9.17) is 21.1 Å². The van der Waals surface area contributed by atoms with E-state index in [0.717, 1.165) is 11.3 Å².